The molecule has 0 aliphatic carbocycles. The number of aromatic nitrogens is 2. The van der Waals surface area contributed by atoms with E-state index in [1.54, 1.807) is 0 Å². The van der Waals surface area contributed by atoms with Crippen molar-refractivity contribution in [1.29, 1.82) is 0 Å². The molecule has 66 valence electrons. The molecule has 0 unspecified atom stereocenters. The highest BCUT2D eigenvalue weighted by molar-refractivity contribution is 9.10. The second-order valence-electron chi connectivity index (χ2n) is 2.37. The maximum atomic E-state index is 5.50. The molecule has 1 aromatic heterocycles. The highest BCUT2D eigenvalue weighted by Gasteiger charge is 2.05. The number of hydrogen-bond donors (Lipinski definition) is 0. The Kier molecular flexibility index (Phi) is 2.33. The van der Waals surface area contributed by atoms with Crippen LogP contribution in [0.25, 0.3) is 11.5 Å². The summed E-state index contributed by atoms with van der Waals surface area (Å²) in [5.41, 5.74) is 0.841. The fourth-order valence-corrected chi connectivity index (χ4v) is 1.45. The molecule has 3 nitrogen and oxygen atoms in total. The van der Waals surface area contributed by atoms with E-state index in [-0.39, 0.29) is 5.35 Å². The summed E-state index contributed by atoms with van der Waals surface area (Å²) in [5.74, 6) is 0.423. The number of benzene rings is 1. The Morgan fingerprint density at radius 3 is 2.77 bits per heavy atom. The van der Waals surface area contributed by atoms with Gasteiger partial charge in [-0.25, -0.2) is 0 Å². The van der Waals surface area contributed by atoms with Crippen LogP contribution < -0.4 is 0 Å². The first-order chi connectivity index (χ1) is 6.25. The van der Waals surface area contributed by atoms with Gasteiger partial charge in [-0.1, -0.05) is 27.1 Å². The van der Waals surface area contributed by atoms with Crippen LogP contribution in [-0.4, -0.2) is 10.2 Å². The minimum Gasteiger partial charge on any atom is -0.407 e. The minimum absolute atomic E-state index is 0.0509. The minimum atomic E-state index is 0.0509. The lowest BCUT2D eigenvalue weighted by atomic mass is 10.2. The Bertz CT molecular complexity index is 430. The molecule has 0 saturated heterocycles. The third-order valence-corrected chi connectivity index (χ3v) is 2.12. The van der Waals surface area contributed by atoms with Crippen molar-refractivity contribution in [3.8, 4) is 11.5 Å². The SMILES string of the molecule is Clc1nnc(-c2cccc(Br)c2)o1. The van der Waals surface area contributed by atoms with Crippen molar-refractivity contribution in [2.45, 2.75) is 0 Å². The van der Waals surface area contributed by atoms with Crippen molar-refractivity contribution in [3.05, 3.63) is 34.1 Å². The number of halogens is 2. The van der Waals surface area contributed by atoms with Crippen molar-refractivity contribution in [3.63, 3.8) is 0 Å². The van der Waals surface area contributed by atoms with Crippen LogP contribution in [0.2, 0.25) is 5.35 Å². The number of hydrogen-bond acceptors (Lipinski definition) is 3. The molecule has 0 radical (unpaired) electrons. The first-order valence-corrected chi connectivity index (χ1v) is 4.68. The third kappa shape index (κ3) is 1.89. The van der Waals surface area contributed by atoms with Crippen LogP contribution in [0, 0.1) is 0 Å². The summed E-state index contributed by atoms with van der Waals surface area (Å²) in [5, 5.41) is 7.36. The van der Waals surface area contributed by atoms with Gasteiger partial charge in [0.1, 0.15) is 0 Å². The van der Waals surface area contributed by atoms with Crippen LogP contribution in [0.1, 0.15) is 0 Å². The van der Waals surface area contributed by atoms with Gasteiger partial charge in [0.15, 0.2) is 0 Å². The highest BCUT2D eigenvalue weighted by atomic mass is 79.9. The molecule has 0 aliphatic rings. The Morgan fingerprint density at radius 1 is 1.31 bits per heavy atom. The monoisotopic (exact) mass is 258 g/mol. The van der Waals surface area contributed by atoms with E-state index in [0.717, 1.165) is 10.0 Å². The van der Waals surface area contributed by atoms with E-state index in [9.17, 15) is 0 Å². The second-order valence-corrected chi connectivity index (χ2v) is 3.61. The summed E-state index contributed by atoms with van der Waals surface area (Å²) in [7, 11) is 0. The van der Waals surface area contributed by atoms with Gasteiger partial charge in [-0.15, -0.1) is 5.10 Å². The van der Waals surface area contributed by atoms with Gasteiger partial charge in [0.25, 0.3) is 0 Å². The zero-order valence-corrected chi connectivity index (χ0v) is 8.71. The third-order valence-electron chi connectivity index (χ3n) is 1.47. The summed E-state index contributed by atoms with van der Waals surface area (Å²) in [4.78, 5) is 0. The van der Waals surface area contributed by atoms with Crippen molar-refractivity contribution in [2.75, 3.05) is 0 Å². The van der Waals surface area contributed by atoms with Gasteiger partial charge >= 0.3 is 5.35 Å². The molecule has 1 heterocycles. The molecule has 0 N–H and O–H groups in total. The van der Waals surface area contributed by atoms with Crippen LogP contribution in [0.5, 0.6) is 0 Å². The predicted octanol–water partition coefficient (Wildman–Crippen LogP) is 3.15. The Balaban J connectivity index is 2.46. The standard InChI is InChI=1S/C8H4BrClN2O/c9-6-3-1-2-5(4-6)7-11-12-8(10)13-7/h1-4H. The number of nitrogens with zero attached hydrogens (tertiary/aromatic N) is 2. The van der Waals surface area contributed by atoms with Gasteiger partial charge in [-0.05, 0) is 29.8 Å². The molecule has 0 aliphatic heterocycles. The van der Waals surface area contributed by atoms with Gasteiger partial charge in [0.2, 0.25) is 5.89 Å². The molecule has 0 saturated carbocycles. The summed E-state index contributed by atoms with van der Waals surface area (Å²) in [6.45, 7) is 0. The highest BCUT2D eigenvalue weighted by Crippen LogP contribution is 2.22. The molecule has 2 aromatic rings. The number of rotatable bonds is 1. The van der Waals surface area contributed by atoms with E-state index in [4.69, 9.17) is 16.0 Å². The quantitative estimate of drug-likeness (QED) is 0.790. The summed E-state index contributed by atoms with van der Waals surface area (Å²) < 4.78 is 6.00. The smallest absolute Gasteiger partial charge is 0.313 e. The molecule has 5 heteroatoms. The topological polar surface area (TPSA) is 38.9 Å². The molecule has 0 bridgehead atoms. The van der Waals surface area contributed by atoms with Crippen molar-refractivity contribution >= 4 is 27.5 Å². The molecule has 0 fully saturated rings. The summed E-state index contributed by atoms with van der Waals surface area (Å²) >= 11 is 8.84. The molecule has 1 aromatic carbocycles. The molecule has 0 amide bonds. The lowest BCUT2D eigenvalue weighted by Crippen LogP contribution is -1.76. The summed E-state index contributed by atoms with van der Waals surface area (Å²) in [6.07, 6.45) is 0. The van der Waals surface area contributed by atoms with Crippen molar-refractivity contribution in [2.24, 2.45) is 0 Å². The molecule has 0 spiro atoms. The Hall–Kier alpha value is -0.870. The Morgan fingerprint density at radius 2 is 2.15 bits per heavy atom. The fourth-order valence-electron chi connectivity index (χ4n) is 0.943. The lowest BCUT2D eigenvalue weighted by molar-refractivity contribution is 0.571. The van der Waals surface area contributed by atoms with Crippen LogP contribution >= 0.6 is 27.5 Å². The zero-order chi connectivity index (χ0) is 9.26. The molecule has 0 atom stereocenters. The molecular weight excluding hydrogens is 255 g/mol. The average Bonchev–Trinajstić information content (AvgIpc) is 2.52. The maximum absolute atomic E-state index is 5.50. The van der Waals surface area contributed by atoms with Crippen molar-refractivity contribution < 1.29 is 4.42 Å². The first kappa shape index (κ1) is 8.72. The molecular formula is C8H4BrClN2O. The van der Waals surface area contributed by atoms with E-state index in [2.05, 4.69) is 26.1 Å². The maximum Gasteiger partial charge on any atom is 0.313 e. The Labute approximate surface area is 87.9 Å². The molecule has 13 heavy (non-hydrogen) atoms. The lowest BCUT2D eigenvalue weighted by Gasteiger charge is -1.93. The van der Waals surface area contributed by atoms with Crippen molar-refractivity contribution in [1.82, 2.24) is 10.2 Å². The van der Waals surface area contributed by atoms with Gasteiger partial charge < -0.3 is 4.42 Å². The van der Waals surface area contributed by atoms with Crippen LogP contribution in [-0.2, 0) is 0 Å². The van der Waals surface area contributed by atoms with Gasteiger partial charge in [0, 0.05) is 10.0 Å². The van der Waals surface area contributed by atoms with Crippen LogP contribution in [0.15, 0.2) is 33.2 Å². The normalized spacial score (nSPS) is 10.3. The van der Waals surface area contributed by atoms with E-state index >= 15 is 0 Å². The van der Waals surface area contributed by atoms with E-state index in [0.29, 0.717) is 5.89 Å². The second kappa shape index (κ2) is 3.47. The zero-order valence-electron chi connectivity index (χ0n) is 6.37. The van der Waals surface area contributed by atoms with Gasteiger partial charge in [0.05, 0.1) is 0 Å². The largest absolute Gasteiger partial charge is 0.407 e. The average molecular weight is 259 g/mol. The molecule has 2 rings (SSSR count). The summed E-state index contributed by atoms with van der Waals surface area (Å²) in [6, 6.07) is 7.55. The van der Waals surface area contributed by atoms with E-state index in [1.165, 1.54) is 0 Å². The van der Waals surface area contributed by atoms with E-state index < -0.39 is 0 Å². The van der Waals surface area contributed by atoms with E-state index in [1.807, 2.05) is 24.3 Å². The van der Waals surface area contributed by atoms with Crippen LogP contribution in [0.4, 0.5) is 0 Å². The predicted molar refractivity (Wildman–Crippen MR) is 52.4 cm³/mol. The first-order valence-electron chi connectivity index (χ1n) is 3.50. The van der Waals surface area contributed by atoms with Gasteiger partial charge in [-0.2, -0.15) is 0 Å². The fraction of sp³-hybridized carbons (Fsp3) is 0. The van der Waals surface area contributed by atoms with Gasteiger partial charge in [-0.3, -0.25) is 0 Å². The van der Waals surface area contributed by atoms with Crippen LogP contribution in [0.3, 0.4) is 0 Å².